The Morgan fingerprint density at radius 3 is 2.74 bits per heavy atom. The van der Waals surface area contributed by atoms with Gasteiger partial charge in [-0.05, 0) is 18.9 Å². The Kier molecular flexibility index (Phi) is 3.37. The minimum absolute atomic E-state index is 0.0670. The monoisotopic (exact) mass is 333 g/mol. The summed E-state index contributed by atoms with van der Waals surface area (Å²) in [7, 11) is -1.24. The van der Waals surface area contributed by atoms with Crippen molar-refractivity contribution in [1.82, 2.24) is 19.7 Å². The van der Waals surface area contributed by atoms with Gasteiger partial charge >= 0.3 is 0 Å². The molecule has 1 fully saturated rings. The van der Waals surface area contributed by atoms with Gasteiger partial charge in [-0.15, -0.1) is 0 Å². The zero-order valence-corrected chi connectivity index (χ0v) is 13.8. The van der Waals surface area contributed by atoms with Crippen molar-refractivity contribution in [3.8, 4) is 0 Å². The fourth-order valence-electron chi connectivity index (χ4n) is 3.36. The SMILES string of the molecule is Cn1ncc2c(N[C@@H]3C=CS(=O)(=O)C3)nc(C3CCCC3)nc21. The van der Waals surface area contributed by atoms with Gasteiger partial charge in [0.1, 0.15) is 11.6 Å². The first-order chi connectivity index (χ1) is 11.0. The van der Waals surface area contributed by atoms with Crippen LogP contribution in [0.3, 0.4) is 0 Å². The molecule has 2 aromatic heterocycles. The maximum Gasteiger partial charge on any atom is 0.173 e. The van der Waals surface area contributed by atoms with E-state index in [4.69, 9.17) is 9.97 Å². The van der Waals surface area contributed by atoms with Crippen LogP contribution >= 0.6 is 0 Å². The van der Waals surface area contributed by atoms with Crippen LogP contribution in [-0.4, -0.2) is 40.0 Å². The van der Waals surface area contributed by atoms with Crippen LogP contribution < -0.4 is 5.32 Å². The number of nitrogens with zero attached hydrogens (tertiary/aromatic N) is 4. The molecule has 1 saturated carbocycles. The van der Waals surface area contributed by atoms with Crippen LogP contribution in [0.15, 0.2) is 17.7 Å². The predicted molar refractivity (Wildman–Crippen MR) is 87.9 cm³/mol. The molecule has 0 radical (unpaired) electrons. The van der Waals surface area contributed by atoms with E-state index in [1.807, 2.05) is 7.05 Å². The Morgan fingerprint density at radius 2 is 2.04 bits per heavy atom. The third kappa shape index (κ3) is 2.71. The van der Waals surface area contributed by atoms with Crippen molar-refractivity contribution in [2.24, 2.45) is 7.05 Å². The normalized spacial score (nSPS) is 23.8. The summed E-state index contributed by atoms with van der Waals surface area (Å²) in [6, 6.07) is -0.255. The molecular weight excluding hydrogens is 314 g/mol. The van der Waals surface area contributed by atoms with Gasteiger partial charge in [0.05, 0.1) is 23.4 Å². The van der Waals surface area contributed by atoms with Gasteiger partial charge in [-0.1, -0.05) is 12.8 Å². The average molecular weight is 333 g/mol. The number of aryl methyl sites for hydroxylation is 1. The Morgan fingerprint density at radius 1 is 1.26 bits per heavy atom. The van der Waals surface area contributed by atoms with Gasteiger partial charge in [0.25, 0.3) is 0 Å². The average Bonchev–Trinajstić information content (AvgIpc) is 3.21. The van der Waals surface area contributed by atoms with E-state index in [0.29, 0.717) is 11.7 Å². The first kappa shape index (κ1) is 14.6. The highest BCUT2D eigenvalue weighted by molar-refractivity contribution is 7.94. The molecule has 122 valence electrons. The van der Waals surface area contributed by atoms with Crippen molar-refractivity contribution in [2.75, 3.05) is 11.1 Å². The summed E-state index contributed by atoms with van der Waals surface area (Å²) in [4.78, 5) is 9.40. The van der Waals surface area contributed by atoms with Crippen LogP contribution in [0, 0.1) is 0 Å². The molecular formula is C15H19N5O2S. The second-order valence-corrected chi connectivity index (χ2v) is 8.26. The topological polar surface area (TPSA) is 89.8 Å². The molecule has 0 unspecified atom stereocenters. The summed E-state index contributed by atoms with van der Waals surface area (Å²) < 4.78 is 24.9. The van der Waals surface area contributed by atoms with E-state index in [1.54, 1.807) is 17.0 Å². The van der Waals surface area contributed by atoms with Crippen molar-refractivity contribution in [3.05, 3.63) is 23.5 Å². The molecule has 2 aromatic rings. The number of anilines is 1. The summed E-state index contributed by atoms with van der Waals surface area (Å²) >= 11 is 0. The van der Waals surface area contributed by atoms with E-state index in [1.165, 1.54) is 18.2 Å². The standard InChI is InChI=1S/C15H19N5O2S/c1-20-15-12(8-16-20)14(17-11-6-7-23(21,22)9-11)18-13(19-15)10-4-2-3-5-10/h6-8,10-11H,2-5,9H2,1H3,(H,17,18,19)/t11-/m1/s1. The molecule has 0 amide bonds. The smallest absolute Gasteiger partial charge is 0.173 e. The Bertz CT molecular complexity index is 881. The highest BCUT2D eigenvalue weighted by Gasteiger charge is 2.25. The van der Waals surface area contributed by atoms with Gasteiger partial charge < -0.3 is 5.32 Å². The number of nitrogens with one attached hydrogen (secondary N) is 1. The van der Waals surface area contributed by atoms with E-state index in [2.05, 4.69) is 10.4 Å². The number of aromatic nitrogens is 4. The number of hydrogen-bond donors (Lipinski definition) is 1. The van der Waals surface area contributed by atoms with Crippen LogP contribution in [0.25, 0.3) is 11.0 Å². The summed E-state index contributed by atoms with van der Waals surface area (Å²) in [5.41, 5.74) is 0.786. The Hall–Kier alpha value is -1.96. The maximum atomic E-state index is 11.6. The molecule has 1 atom stereocenters. The van der Waals surface area contributed by atoms with Crippen molar-refractivity contribution in [1.29, 1.82) is 0 Å². The maximum absolute atomic E-state index is 11.6. The number of hydrogen-bond acceptors (Lipinski definition) is 6. The first-order valence-electron chi connectivity index (χ1n) is 7.89. The summed E-state index contributed by atoms with van der Waals surface area (Å²) in [5, 5.41) is 9.61. The third-order valence-electron chi connectivity index (χ3n) is 4.58. The van der Waals surface area contributed by atoms with Crippen molar-refractivity contribution in [2.45, 2.75) is 37.6 Å². The van der Waals surface area contributed by atoms with Crippen LogP contribution in [-0.2, 0) is 16.9 Å². The molecule has 1 aliphatic carbocycles. The highest BCUT2D eigenvalue weighted by atomic mass is 32.2. The van der Waals surface area contributed by atoms with Gasteiger partial charge in [0, 0.05) is 18.4 Å². The molecule has 0 aromatic carbocycles. The van der Waals surface area contributed by atoms with Gasteiger partial charge in [0.15, 0.2) is 15.5 Å². The molecule has 3 heterocycles. The molecule has 23 heavy (non-hydrogen) atoms. The molecule has 0 bridgehead atoms. The first-order valence-corrected chi connectivity index (χ1v) is 9.60. The van der Waals surface area contributed by atoms with E-state index in [0.717, 1.165) is 29.7 Å². The summed E-state index contributed by atoms with van der Waals surface area (Å²) in [6.45, 7) is 0. The van der Waals surface area contributed by atoms with E-state index >= 15 is 0 Å². The fraction of sp³-hybridized carbons (Fsp3) is 0.533. The minimum atomic E-state index is -3.10. The number of fused-ring (bicyclic) bond motifs is 1. The van der Waals surface area contributed by atoms with Gasteiger partial charge in [-0.3, -0.25) is 4.68 Å². The molecule has 7 nitrogen and oxygen atoms in total. The lowest BCUT2D eigenvalue weighted by atomic mass is 10.1. The molecule has 2 aliphatic rings. The second kappa shape index (κ2) is 5.30. The lowest BCUT2D eigenvalue weighted by Crippen LogP contribution is -2.22. The Labute approximate surface area is 134 Å². The zero-order chi connectivity index (χ0) is 16.0. The Balaban J connectivity index is 1.73. The largest absolute Gasteiger partial charge is 0.362 e. The van der Waals surface area contributed by atoms with Crippen molar-refractivity contribution < 1.29 is 8.42 Å². The molecule has 0 saturated heterocycles. The van der Waals surface area contributed by atoms with Gasteiger partial charge in [0.2, 0.25) is 0 Å². The molecule has 1 N–H and O–H groups in total. The summed E-state index contributed by atoms with van der Waals surface area (Å²) in [5.74, 6) is 1.97. The molecule has 0 spiro atoms. The van der Waals surface area contributed by atoms with E-state index < -0.39 is 9.84 Å². The fourth-order valence-corrected chi connectivity index (χ4v) is 4.59. The van der Waals surface area contributed by atoms with Crippen LogP contribution in [0.1, 0.15) is 37.4 Å². The van der Waals surface area contributed by atoms with Crippen LogP contribution in [0.4, 0.5) is 5.82 Å². The third-order valence-corrected chi connectivity index (χ3v) is 5.98. The van der Waals surface area contributed by atoms with E-state index in [-0.39, 0.29) is 11.8 Å². The van der Waals surface area contributed by atoms with E-state index in [9.17, 15) is 8.42 Å². The lowest BCUT2D eigenvalue weighted by molar-refractivity contribution is 0.605. The van der Waals surface area contributed by atoms with Crippen LogP contribution in [0.2, 0.25) is 0 Å². The lowest BCUT2D eigenvalue weighted by Gasteiger charge is -2.15. The van der Waals surface area contributed by atoms with Gasteiger partial charge in [-0.25, -0.2) is 18.4 Å². The van der Waals surface area contributed by atoms with Crippen molar-refractivity contribution in [3.63, 3.8) is 0 Å². The molecule has 8 heteroatoms. The second-order valence-electron chi connectivity index (χ2n) is 6.33. The quantitative estimate of drug-likeness (QED) is 0.920. The molecule has 4 rings (SSSR count). The van der Waals surface area contributed by atoms with Crippen LogP contribution in [0.5, 0.6) is 0 Å². The summed E-state index contributed by atoms with van der Waals surface area (Å²) in [6.07, 6.45) is 8.05. The predicted octanol–water partition coefficient (Wildman–Crippen LogP) is 1.74. The number of sulfone groups is 1. The van der Waals surface area contributed by atoms with Crippen molar-refractivity contribution >= 4 is 26.7 Å². The molecule has 1 aliphatic heterocycles. The number of rotatable bonds is 3. The minimum Gasteiger partial charge on any atom is -0.362 e. The zero-order valence-electron chi connectivity index (χ0n) is 12.9. The highest BCUT2D eigenvalue weighted by Crippen LogP contribution is 2.34. The van der Waals surface area contributed by atoms with Gasteiger partial charge in [-0.2, -0.15) is 5.10 Å².